The number of Topliss-reactive ketones (excluding diaryl/α,β-unsaturated/α-hetero) is 1. The smallest absolute Gasteiger partial charge is 0.133 e. The van der Waals surface area contributed by atoms with Crippen molar-refractivity contribution in [1.82, 2.24) is 5.31 Å². The molecule has 0 unspecified atom stereocenters. The molecule has 0 radical (unpaired) electrons. The second-order valence-corrected chi connectivity index (χ2v) is 2.56. The highest BCUT2D eigenvalue weighted by molar-refractivity contribution is 5.78. The first kappa shape index (κ1) is 5.42. The van der Waals surface area contributed by atoms with Gasteiger partial charge in [-0.2, -0.15) is 0 Å². The van der Waals surface area contributed by atoms with Crippen LogP contribution in [0.2, 0.25) is 1.41 Å². The minimum absolute atomic E-state index is 0.238. The quantitative estimate of drug-likeness (QED) is 0.559. The third-order valence-electron chi connectivity index (χ3n) is 1.85. The van der Waals surface area contributed by atoms with Gasteiger partial charge in [0, 0.05) is 5.92 Å². The first-order valence-electron chi connectivity index (χ1n) is 3.89. The van der Waals surface area contributed by atoms with Gasteiger partial charge in [-0.1, -0.05) is 0 Å². The minimum atomic E-state index is 0.238. The number of hydrogen-bond acceptors (Lipinski definition) is 2. The van der Waals surface area contributed by atoms with Crippen LogP contribution in [0.25, 0.3) is 0 Å². The maximum Gasteiger partial charge on any atom is 0.133 e. The van der Waals surface area contributed by atoms with E-state index in [2.05, 4.69) is 0 Å². The number of piperidine rings is 1. The molecule has 1 heterocycles. The Hall–Kier alpha value is -0.370. The van der Waals surface area contributed by atoms with Crippen LogP contribution in [0.1, 0.15) is 19.8 Å². The fourth-order valence-corrected chi connectivity index (χ4v) is 1.16. The largest absolute Gasteiger partial charge is 0.317 e. The molecule has 1 aliphatic rings. The van der Waals surface area contributed by atoms with Gasteiger partial charge < -0.3 is 5.31 Å². The lowest BCUT2D eigenvalue weighted by Crippen LogP contribution is -2.30. The monoisotopic (exact) mass is 128 g/mol. The average Bonchev–Trinajstić information content (AvgIpc) is 1.88. The van der Waals surface area contributed by atoms with Crippen molar-refractivity contribution in [3.8, 4) is 0 Å². The summed E-state index contributed by atoms with van der Waals surface area (Å²) in [6.07, 6.45) is 1.75. The Kier molecular flexibility index (Phi) is 1.79. The van der Waals surface area contributed by atoms with E-state index in [1.165, 1.54) is 5.31 Å². The van der Waals surface area contributed by atoms with E-state index < -0.39 is 0 Å². The molecule has 0 aromatic rings. The fraction of sp³-hybridized carbons (Fsp3) is 0.857. The lowest BCUT2D eigenvalue weighted by molar-refractivity contribution is -0.121. The van der Waals surface area contributed by atoms with Crippen molar-refractivity contribution in [1.29, 1.82) is 0 Å². The predicted molar refractivity (Wildman–Crippen MR) is 36.3 cm³/mol. The molecule has 0 bridgehead atoms. The SMILES string of the molecule is [2H]N1CCC(C(C)=O)CC1. The van der Waals surface area contributed by atoms with Crippen LogP contribution in [0.3, 0.4) is 0 Å². The number of carbonyl (C=O) groups excluding carboxylic acids is 1. The predicted octanol–water partition coefficient (Wildman–Crippen LogP) is 0.575. The standard InChI is InChI=1S/C7H13NO/c1-6(9)7-2-4-8-5-3-7/h7-8H,2-5H2,1H3/i/hD. The Labute approximate surface area is 57.1 Å². The van der Waals surface area contributed by atoms with Crippen LogP contribution in [0.5, 0.6) is 0 Å². The van der Waals surface area contributed by atoms with Gasteiger partial charge in [0.05, 0.1) is 0 Å². The van der Waals surface area contributed by atoms with Gasteiger partial charge in [0.15, 0.2) is 0 Å². The Bertz CT molecular complexity index is 130. The molecule has 0 atom stereocenters. The van der Waals surface area contributed by atoms with Gasteiger partial charge in [0.2, 0.25) is 0 Å². The summed E-state index contributed by atoms with van der Waals surface area (Å²) in [5.74, 6) is 0.523. The summed E-state index contributed by atoms with van der Waals surface area (Å²) in [7, 11) is 0. The molecule has 1 rings (SSSR count). The summed E-state index contributed by atoms with van der Waals surface area (Å²) >= 11 is 0. The van der Waals surface area contributed by atoms with Crippen molar-refractivity contribution < 1.29 is 6.21 Å². The molecular weight excluding hydrogens is 114 g/mol. The first-order valence-corrected chi connectivity index (χ1v) is 3.44. The highest BCUT2D eigenvalue weighted by atomic mass is 16.1. The molecule has 2 nitrogen and oxygen atoms in total. The molecular formula is C7H13NO. The molecule has 0 aliphatic carbocycles. The molecule has 1 fully saturated rings. The molecule has 9 heavy (non-hydrogen) atoms. The second kappa shape index (κ2) is 2.97. The molecule has 0 aromatic heterocycles. The maximum absolute atomic E-state index is 10.8. The Morgan fingerprint density at radius 3 is 2.67 bits per heavy atom. The zero-order valence-electron chi connectivity index (χ0n) is 6.76. The molecule has 0 spiro atoms. The molecule has 1 saturated heterocycles. The van der Waals surface area contributed by atoms with Crippen molar-refractivity contribution in [2.24, 2.45) is 5.92 Å². The number of nitrogens with one attached hydrogen (secondary N) is 1. The molecule has 2 heteroatoms. The van der Waals surface area contributed by atoms with E-state index in [-0.39, 0.29) is 11.7 Å². The van der Waals surface area contributed by atoms with E-state index >= 15 is 0 Å². The highest BCUT2D eigenvalue weighted by Gasteiger charge is 2.16. The Balaban J connectivity index is 2.33. The summed E-state index contributed by atoms with van der Waals surface area (Å²) < 4.78 is 7.22. The maximum atomic E-state index is 10.8. The van der Waals surface area contributed by atoms with Gasteiger partial charge in [0.1, 0.15) is 7.20 Å². The van der Waals surface area contributed by atoms with E-state index in [0.29, 0.717) is 0 Å². The van der Waals surface area contributed by atoms with Crippen LogP contribution >= 0.6 is 0 Å². The van der Waals surface area contributed by atoms with Crippen molar-refractivity contribution in [2.45, 2.75) is 19.8 Å². The molecule has 0 saturated carbocycles. The third-order valence-corrected chi connectivity index (χ3v) is 1.85. The van der Waals surface area contributed by atoms with Gasteiger partial charge in [-0.05, 0) is 32.9 Å². The minimum Gasteiger partial charge on any atom is -0.317 e. The molecule has 52 valence electrons. The number of carbonyl (C=O) groups is 1. The first-order chi connectivity index (χ1) is 4.70. The number of rotatable bonds is 1. The second-order valence-electron chi connectivity index (χ2n) is 2.56. The number of ketones is 1. The lowest BCUT2D eigenvalue weighted by Gasteiger charge is -2.19. The summed E-state index contributed by atoms with van der Waals surface area (Å²) in [4.78, 5) is 10.8. The topological polar surface area (TPSA) is 29.1 Å². The summed E-state index contributed by atoms with van der Waals surface area (Å²) in [6.45, 7) is 3.15. The van der Waals surface area contributed by atoms with Crippen molar-refractivity contribution in [3.63, 3.8) is 0 Å². The van der Waals surface area contributed by atoms with Crippen LogP contribution in [0, 0.1) is 5.92 Å². The zero-order valence-corrected chi connectivity index (χ0v) is 5.76. The van der Waals surface area contributed by atoms with Crippen molar-refractivity contribution in [3.05, 3.63) is 0 Å². The zero-order chi connectivity index (χ0) is 7.56. The average molecular weight is 128 g/mol. The third kappa shape index (κ3) is 1.79. The lowest BCUT2D eigenvalue weighted by atomic mass is 9.95. The van der Waals surface area contributed by atoms with Gasteiger partial charge in [0.25, 0.3) is 0 Å². The van der Waals surface area contributed by atoms with Crippen molar-refractivity contribution >= 4 is 5.78 Å². The van der Waals surface area contributed by atoms with Gasteiger partial charge in [-0.3, -0.25) is 4.79 Å². The van der Waals surface area contributed by atoms with Crippen LogP contribution < -0.4 is 5.31 Å². The van der Waals surface area contributed by atoms with Crippen LogP contribution in [-0.4, -0.2) is 18.9 Å². The van der Waals surface area contributed by atoms with E-state index in [4.69, 9.17) is 1.41 Å². The molecule has 0 amide bonds. The summed E-state index contributed by atoms with van der Waals surface area (Å²) in [5, 5.41) is 1.53. The summed E-state index contributed by atoms with van der Waals surface area (Å²) in [5.41, 5.74) is 0. The van der Waals surface area contributed by atoms with Crippen molar-refractivity contribution in [2.75, 3.05) is 13.1 Å². The molecule has 1 aliphatic heterocycles. The highest BCUT2D eigenvalue weighted by Crippen LogP contribution is 2.11. The van der Waals surface area contributed by atoms with E-state index in [1.54, 1.807) is 6.92 Å². The Morgan fingerprint density at radius 1 is 1.67 bits per heavy atom. The van der Waals surface area contributed by atoms with Gasteiger partial charge in [-0.25, -0.2) is 0 Å². The summed E-state index contributed by atoms with van der Waals surface area (Å²) in [6, 6.07) is 0. The fourth-order valence-electron chi connectivity index (χ4n) is 1.16. The van der Waals surface area contributed by atoms with Crippen LogP contribution in [-0.2, 0) is 4.79 Å². The van der Waals surface area contributed by atoms with Gasteiger partial charge in [-0.15, -0.1) is 0 Å². The molecule has 1 N–H and O–H groups in total. The normalized spacial score (nSPS) is 25.7. The van der Waals surface area contributed by atoms with Crippen LogP contribution in [0.15, 0.2) is 0 Å². The van der Waals surface area contributed by atoms with Crippen LogP contribution in [0.4, 0.5) is 0 Å². The van der Waals surface area contributed by atoms with E-state index in [9.17, 15) is 4.79 Å². The Morgan fingerprint density at radius 2 is 2.22 bits per heavy atom. The van der Waals surface area contributed by atoms with Gasteiger partial charge >= 0.3 is 0 Å². The van der Waals surface area contributed by atoms with E-state index in [0.717, 1.165) is 25.9 Å². The van der Waals surface area contributed by atoms with E-state index in [1.807, 2.05) is 0 Å². The number of hydrogen-bond donors (Lipinski definition) is 1. The molecule has 0 aromatic carbocycles.